The van der Waals surface area contributed by atoms with E-state index in [1.165, 1.54) is 32.1 Å². The van der Waals surface area contributed by atoms with Crippen molar-refractivity contribution in [3.8, 4) is 0 Å². The number of rotatable bonds is 13. The maximum atomic E-state index is 12.3. The van der Waals surface area contributed by atoms with Crippen molar-refractivity contribution in [1.82, 2.24) is 4.90 Å². The fraction of sp³-hybridized carbons (Fsp3) is 0.632. The first-order valence-corrected chi connectivity index (χ1v) is 11.1. The van der Waals surface area contributed by atoms with Crippen molar-refractivity contribution >= 4 is 21.5 Å². The van der Waals surface area contributed by atoms with E-state index in [0.29, 0.717) is 17.7 Å². The molecule has 0 spiro atoms. The van der Waals surface area contributed by atoms with E-state index in [1.54, 1.807) is 24.3 Å². The van der Waals surface area contributed by atoms with E-state index < -0.39 is 10.0 Å². The number of Topliss-reactive ketones (excluding diaryl/α,β-unsaturated/α-hetero) is 1. The van der Waals surface area contributed by atoms with Gasteiger partial charge in [0.2, 0.25) is 10.0 Å². The summed E-state index contributed by atoms with van der Waals surface area (Å²) in [6.45, 7) is 7.12. The Bertz CT molecular complexity index is 612. The molecule has 0 aliphatic carbocycles. The summed E-state index contributed by atoms with van der Waals surface area (Å²) < 4.78 is 24.8. The van der Waals surface area contributed by atoms with Gasteiger partial charge >= 0.3 is 0 Å². The molecule has 25 heavy (non-hydrogen) atoms. The molecule has 0 unspecified atom stereocenters. The Morgan fingerprint density at radius 2 is 1.64 bits per heavy atom. The molecule has 5 nitrogen and oxygen atoms in total. The molecule has 0 saturated heterocycles. The number of anilines is 1. The summed E-state index contributed by atoms with van der Waals surface area (Å²) in [5.41, 5.74) is 1.10. The largest absolute Gasteiger partial charge is 0.303 e. The summed E-state index contributed by atoms with van der Waals surface area (Å²) in [4.78, 5) is 14.6. The number of sulfonamides is 1. The van der Waals surface area contributed by atoms with Gasteiger partial charge in [-0.1, -0.05) is 39.5 Å². The lowest BCUT2D eigenvalue weighted by molar-refractivity contribution is 0.0965. The van der Waals surface area contributed by atoms with Gasteiger partial charge in [-0.25, -0.2) is 8.42 Å². The minimum absolute atomic E-state index is 0.0929. The average Bonchev–Trinajstić information content (AvgIpc) is 2.56. The zero-order valence-corrected chi connectivity index (χ0v) is 16.6. The molecular formula is C19H32N2O3S. The number of carbonyl (C=O) groups excluding carboxylic acids is 1. The normalized spacial score (nSPS) is 11.7. The number of hydrogen-bond acceptors (Lipinski definition) is 4. The molecule has 6 heteroatoms. The standard InChI is InChI=1S/C19H32N2O3S/c1-4-6-7-8-9-15-21(5-2)16-14-19(22)17-10-12-18(13-11-17)20-25(3,23)24/h10-13,20H,4-9,14-16H2,1-3H3. The second-order valence-corrected chi connectivity index (χ2v) is 8.22. The number of carbonyl (C=O) groups is 1. The molecule has 0 heterocycles. The van der Waals surface area contributed by atoms with E-state index in [0.717, 1.165) is 25.9 Å². The van der Waals surface area contributed by atoms with Crippen molar-refractivity contribution in [2.24, 2.45) is 0 Å². The molecule has 0 aliphatic heterocycles. The Hall–Kier alpha value is -1.40. The molecule has 0 bridgehead atoms. The monoisotopic (exact) mass is 368 g/mol. The third-order valence-corrected chi connectivity index (χ3v) is 4.80. The molecule has 0 aliphatic rings. The van der Waals surface area contributed by atoms with Crippen molar-refractivity contribution in [3.05, 3.63) is 29.8 Å². The molecular weight excluding hydrogens is 336 g/mol. The molecule has 0 saturated carbocycles. The first-order valence-electron chi connectivity index (χ1n) is 9.19. The van der Waals surface area contributed by atoms with Crippen molar-refractivity contribution in [2.75, 3.05) is 30.6 Å². The van der Waals surface area contributed by atoms with Crippen LogP contribution in [0.5, 0.6) is 0 Å². The van der Waals surface area contributed by atoms with Crippen LogP contribution in [0.25, 0.3) is 0 Å². The van der Waals surface area contributed by atoms with Crippen LogP contribution in [0.15, 0.2) is 24.3 Å². The molecule has 0 atom stereocenters. The molecule has 1 aromatic rings. The predicted octanol–water partition coefficient (Wildman–Crippen LogP) is 3.92. The molecule has 0 radical (unpaired) electrons. The highest BCUT2D eigenvalue weighted by Gasteiger charge is 2.10. The lowest BCUT2D eigenvalue weighted by atomic mass is 10.1. The van der Waals surface area contributed by atoms with Gasteiger partial charge < -0.3 is 4.90 Å². The Morgan fingerprint density at radius 1 is 1.00 bits per heavy atom. The first kappa shape index (κ1) is 21.6. The molecule has 1 rings (SSSR count). The lowest BCUT2D eigenvalue weighted by Crippen LogP contribution is -2.27. The first-order chi connectivity index (χ1) is 11.9. The fourth-order valence-electron chi connectivity index (χ4n) is 2.71. The zero-order valence-electron chi connectivity index (χ0n) is 15.8. The van der Waals surface area contributed by atoms with Gasteiger partial charge in [-0.3, -0.25) is 9.52 Å². The second-order valence-electron chi connectivity index (χ2n) is 6.47. The fourth-order valence-corrected chi connectivity index (χ4v) is 3.27. The molecule has 0 aromatic heterocycles. The minimum Gasteiger partial charge on any atom is -0.303 e. The van der Waals surface area contributed by atoms with Crippen LogP contribution in [0.1, 0.15) is 62.7 Å². The Kier molecular flexibility index (Phi) is 9.75. The minimum atomic E-state index is -3.29. The van der Waals surface area contributed by atoms with Crippen molar-refractivity contribution in [1.29, 1.82) is 0 Å². The summed E-state index contributed by atoms with van der Waals surface area (Å²) in [5.74, 6) is 0.0929. The van der Waals surface area contributed by atoms with Crippen molar-refractivity contribution in [3.63, 3.8) is 0 Å². The van der Waals surface area contributed by atoms with Gasteiger partial charge in [0.05, 0.1) is 6.26 Å². The Balaban J connectivity index is 2.41. The summed E-state index contributed by atoms with van der Waals surface area (Å²) in [6.07, 6.45) is 7.89. The summed E-state index contributed by atoms with van der Waals surface area (Å²) in [5, 5.41) is 0. The number of hydrogen-bond donors (Lipinski definition) is 1. The van der Waals surface area contributed by atoms with Gasteiger partial charge in [0.1, 0.15) is 0 Å². The van der Waals surface area contributed by atoms with Crippen LogP contribution >= 0.6 is 0 Å². The number of nitrogens with zero attached hydrogens (tertiary/aromatic N) is 1. The van der Waals surface area contributed by atoms with Crippen LogP contribution in [-0.4, -0.2) is 45.0 Å². The number of ketones is 1. The Morgan fingerprint density at radius 3 is 2.20 bits per heavy atom. The van der Waals surface area contributed by atoms with E-state index in [-0.39, 0.29) is 5.78 Å². The smallest absolute Gasteiger partial charge is 0.229 e. The molecule has 1 aromatic carbocycles. The number of nitrogens with one attached hydrogen (secondary N) is 1. The van der Waals surface area contributed by atoms with Gasteiger partial charge in [-0.2, -0.15) is 0 Å². The highest BCUT2D eigenvalue weighted by atomic mass is 32.2. The summed E-state index contributed by atoms with van der Waals surface area (Å²) in [7, 11) is -3.29. The van der Waals surface area contributed by atoms with Gasteiger partial charge in [-0.05, 0) is 43.8 Å². The van der Waals surface area contributed by atoms with Crippen LogP contribution < -0.4 is 4.72 Å². The van der Waals surface area contributed by atoms with Crippen LogP contribution in [0.4, 0.5) is 5.69 Å². The van der Waals surface area contributed by atoms with E-state index in [2.05, 4.69) is 23.5 Å². The van der Waals surface area contributed by atoms with E-state index >= 15 is 0 Å². The molecule has 1 N–H and O–H groups in total. The lowest BCUT2D eigenvalue weighted by Gasteiger charge is -2.19. The zero-order chi connectivity index (χ0) is 18.7. The third kappa shape index (κ3) is 9.60. The SMILES string of the molecule is CCCCCCCN(CC)CCC(=O)c1ccc(NS(C)(=O)=O)cc1. The van der Waals surface area contributed by atoms with Crippen LogP contribution in [0.2, 0.25) is 0 Å². The van der Waals surface area contributed by atoms with Crippen LogP contribution in [0, 0.1) is 0 Å². The second kappa shape index (κ2) is 11.3. The molecule has 0 fully saturated rings. The summed E-state index contributed by atoms with van der Waals surface area (Å²) >= 11 is 0. The molecule has 0 amide bonds. The summed E-state index contributed by atoms with van der Waals surface area (Å²) in [6, 6.07) is 6.60. The van der Waals surface area contributed by atoms with Gasteiger partial charge in [0.25, 0.3) is 0 Å². The van der Waals surface area contributed by atoms with Crippen LogP contribution in [0.3, 0.4) is 0 Å². The van der Waals surface area contributed by atoms with Crippen LogP contribution in [-0.2, 0) is 10.0 Å². The Labute approximate surface area is 152 Å². The van der Waals surface area contributed by atoms with E-state index in [1.807, 2.05) is 0 Å². The third-order valence-electron chi connectivity index (χ3n) is 4.19. The highest BCUT2D eigenvalue weighted by Crippen LogP contribution is 2.13. The van der Waals surface area contributed by atoms with Gasteiger partial charge in [0.15, 0.2) is 5.78 Å². The molecule has 142 valence electrons. The predicted molar refractivity (Wildman–Crippen MR) is 105 cm³/mol. The average molecular weight is 369 g/mol. The highest BCUT2D eigenvalue weighted by molar-refractivity contribution is 7.92. The number of benzene rings is 1. The maximum Gasteiger partial charge on any atom is 0.229 e. The van der Waals surface area contributed by atoms with Crippen molar-refractivity contribution in [2.45, 2.75) is 52.4 Å². The van der Waals surface area contributed by atoms with Gasteiger partial charge in [-0.15, -0.1) is 0 Å². The van der Waals surface area contributed by atoms with E-state index in [4.69, 9.17) is 0 Å². The van der Waals surface area contributed by atoms with E-state index in [9.17, 15) is 13.2 Å². The quantitative estimate of drug-likeness (QED) is 0.423. The number of unbranched alkanes of at least 4 members (excludes halogenated alkanes) is 4. The topological polar surface area (TPSA) is 66.5 Å². The van der Waals surface area contributed by atoms with Gasteiger partial charge in [0, 0.05) is 24.2 Å². The van der Waals surface area contributed by atoms with Crippen molar-refractivity contribution < 1.29 is 13.2 Å². The maximum absolute atomic E-state index is 12.3.